The molecule has 1 unspecified atom stereocenters. The van der Waals surface area contributed by atoms with E-state index in [4.69, 9.17) is 9.63 Å². The molecule has 0 radical (unpaired) electrons. The topological polar surface area (TPSA) is 75.4 Å². The summed E-state index contributed by atoms with van der Waals surface area (Å²) < 4.78 is 5.12. The largest absolute Gasteiger partial charge is 0.396 e. The van der Waals surface area contributed by atoms with E-state index >= 15 is 0 Å². The van der Waals surface area contributed by atoms with Crippen molar-refractivity contribution in [2.24, 2.45) is 11.8 Å². The molecule has 0 spiro atoms. The third-order valence-corrected chi connectivity index (χ3v) is 3.22. The fourth-order valence-corrected chi connectivity index (χ4v) is 2.15. The molecule has 1 rings (SSSR count). The van der Waals surface area contributed by atoms with Crippen molar-refractivity contribution in [3.63, 3.8) is 0 Å². The summed E-state index contributed by atoms with van der Waals surface area (Å²) in [4.78, 5) is 12.0. The molecule has 0 saturated carbocycles. The first kappa shape index (κ1) is 16.7. The first-order chi connectivity index (χ1) is 9.43. The van der Waals surface area contributed by atoms with Crippen molar-refractivity contribution in [1.29, 1.82) is 0 Å². The maximum atomic E-state index is 12.0. The lowest BCUT2D eigenvalue weighted by atomic mass is 9.94. The van der Waals surface area contributed by atoms with Crippen LogP contribution in [0.5, 0.6) is 0 Å². The van der Waals surface area contributed by atoms with Crippen LogP contribution in [0.3, 0.4) is 0 Å². The predicted molar refractivity (Wildman–Crippen MR) is 77.6 cm³/mol. The van der Waals surface area contributed by atoms with Gasteiger partial charge in [0, 0.05) is 25.1 Å². The lowest BCUT2D eigenvalue weighted by Crippen LogP contribution is -2.30. The Morgan fingerprint density at radius 2 is 2.10 bits per heavy atom. The normalized spacial score (nSPS) is 12.9. The Balaban J connectivity index is 2.51. The first-order valence-electron chi connectivity index (χ1n) is 7.29. The maximum Gasteiger partial charge on any atom is 0.273 e. The van der Waals surface area contributed by atoms with E-state index in [0.717, 1.165) is 6.42 Å². The van der Waals surface area contributed by atoms with Gasteiger partial charge >= 0.3 is 0 Å². The molecule has 0 saturated heterocycles. The summed E-state index contributed by atoms with van der Waals surface area (Å²) in [7, 11) is 0. The molecule has 0 aliphatic carbocycles. The minimum atomic E-state index is -0.215. The number of hydrogen-bond acceptors (Lipinski definition) is 4. The number of nitrogens with one attached hydrogen (secondary N) is 1. The van der Waals surface area contributed by atoms with Crippen LogP contribution in [-0.4, -0.2) is 29.3 Å². The second kappa shape index (κ2) is 8.04. The fourth-order valence-electron chi connectivity index (χ4n) is 2.15. The molecule has 5 heteroatoms. The number of amides is 1. The van der Waals surface area contributed by atoms with E-state index < -0.39 is 0 Å². The molecule has 1 amide bonds. The van der Waals surface area contributed by atoms with E-state index in [9.17, 15) is 4.79 Å². The third kappa shape index (κ3) is 5.33. The highest BCUT2D eigenvalue weighted by molar-refractivity contribution is 5.92. The molecule has 0 bridgehead atoms. The quantitative estimate of drug-likeness (QED) is 0.768. The summed E-state index contributed by atoms with van der Waals surface area (Å²) >= 11 is 0. The number of carbonyl (C=O) groups excluding carboxylic acids is 1. The Hall–Kier alpha value is -1.36. The van der Waals surface area contributed by atoms with E-state index in [1.807, 2.05) is 13.8 Å². The third-order valence-electron chi connectivity index (χ3n) is 3.22. The monoisotopic (exact) mass is 282 g/mol. The van der Waals surface area contributed by atoms with E-state index in [0.29, 0.717) is 36.3 Å². The summed E-state index contributed by atoms with van der Waals surface area (Å²) in [6, 6.07) is 1.68. The van der Waals surface area contributed by atoms with Gasteiger partial charge in [-0.15, -0.1) is 0 Å². The number of nitrogens with zero attached hydrogens (tertiary/aromatic N) is 1. The molecule has 1 aromatic heterocycles. The van der Waals surface area contributed by atoms with Crippen LogP contribution in [0.25, 0.3) is 0 Å². The Morgan fingerprint density at radius 3 is 2.60 bits per heavy atom. The van der Waals surface area contributed by atoms with Crippen molar-refractivity contribution in [2.75, 3.05) is 13.2 Å². The van der Waals surface area contributed by atoms with E-state index in [2.05, 4.69) is 24.3 Å². The van der Waals surface area contributed by atoms with Crippen molar-refractivity contribution < 1.29 is 14.4 Å². The Bertz CT molecular complexity index is 413. The Labute approximate surface area is 120 Å². The van der Waals surface area contributed by atoms with E-state index in [1.165, 1.54) is 0 Å². The molecule has 1 heterocycles. The van der Waals surface area contributed by atoms with Gasteiger partial charge in [-0.1, -0.05) is 32.9 Å². The van der Waals surface area contributed by atoms with Gasteiger partial charge in [-0.25, -0.2) is 0 Å². The van der Waals surface area contributed by atoms with Crippen molar-refractivity contribution in [2.45, 2.75) is 46.5 Å². The summed E-state index contributed by atoms with van der Waals surface area (Å²) in [5.41, 5.74) is 0.320. The highest BCUT2D eigenvalue weighted by Crippen LogP contribution is 2.16. The van der Waals surface area contributed by atoms with Gasteiger partial charge in [0.15, 0.2) is 5.69 Å². The minimum absolute atomic E-state index is 0.148. The molecule has 0 aliphatic rings. The summed E-state index contributed by atoms with van der Waals surface area (Å²) in [6.07, 6.45) is 1.69. The van der Waals surface area contributed by atoms with Gasteiger partial charge in [0.2, 0.25) is 0 Å². The summed E-state index contributed by atoms with van der Waals surface area (Å²) in [6.45, 7) is 8.96. The van der Waals surface area contributed by atoms with Crippen molar-refractivity contribution in [3.05, 3.63) is 17.5 Å². The SMILES string of the molecule is CC(C)CC(CCO)CNC(=O)c1cc(C(C)C)on1. The highest BCUT2D eigenvalue weighted by Gasteiger charge is 2.16. The fraction of sp³-hybridized carbons (Fsp3) is 0.733. The highest BCUT2D eigenvalue weighted by atomic mass is 16.5. The van der Waals surface area contributed by atoms with Gasteiger partial charge < -0.3 is 14.9 Å². The van der Waals surface area contributed by atoms with Gasteiger partial charge in [0.05, 0.1) is 0 Å². The van der Waals surface area contributed by atoms with Gasteiger partial charge in [-0.05, 0) is 24.7 Å². The van der Waals surface area contributed by atoms with Crippen molar-refractivity contribution >= 4 is 5.91 Å². The average Bonchev–Trinajstić information content (AvgIpc) is 2.85. The second-order valence-electron chi connectivity index (χ2n) is 5.99. The van der Waals surface area contributed by atoms with E-state index in [-0.39, 0.29) is 18.4 Å². The number of aliphatic hydroxyl groups is 1. The predicted octanol–water partition coefficient (Wildman–Crippen LogP) is 2.57. The van der Waals surface area contributed by atoms with Crippen LogP contribution < -0.4 is 5.32 Å². The Morgan fingerprint density at radius 1 is 1.40 bits per heavy atom. The summed E-state index contributed by atoms with van der Waals surface area (Å²) in [5, 5.41) is 15.7. The van der Waals surface area contributed by atoms with Crippen LogP contribution in [0.4, 0.5) is 0 Å². The molecule has 0 fully saturated rings. The van der Waals surface area contributed by atoms with Crippen LogP contribution in [0.2, 0.25) is 0 Å². The minimum Gasteiger partial charge on any atom is -0.396 e. The molecular formula is C15H26N2O3. The maximum absolute atomic E-state index is 12.0. The first-order valence-corrected chi connectivity index (χ1v) is 7.29. The number of aliphatic hydroxyl groups excluding tert-OH is 1. The number of hydrogen-bond donors (Lipinski definition) is 2. The van der Waals surface area contributed by atoms with Crippen molar-refractivity contribution in [3.8, 4) is 0 Å². The molecule has 0 aromatic carbocycles. The van der Waals surface area contributed by atoms with Crippen LogP contribution in [0, 0.1) is 11.8 Å². The molecule has 2 N–H and O–H groups in total. The van der Waals surface area contributed by atoms with Crippen LogP contribution in [-0.2, 0) is 0 Å². The number of rotatable bonds is 8. The standard InChI is InChI=1S/C15H26N2O3/c1-10(2)7-12(5-6-18)9-16-15(19)13-8-14(11(3)4)20-17-13/h8,10-12,18H,5-7,9H2,1-4H3,(H,16,19). The van der Waals surface area contributed by atoms with Gasteiger partial charge in [0.25, 0.3) is 5.91 Å². The van der Waals surface area contributed by atoms with Crippen LogP contribution in [0.15, 0.2) is 10.6 Å². The molecule has 0 aliphatic heterocycles. The van der Waals surface area contributed by atoms with Crippen LogP contribution >= 0.6 is 0 Å². The molecule has 1 atom stereocenters. The molecule has 20 heavy (non-hydrogen) atoms. The number of aromatic nitrogens is 1. The molecule has 114 valence electrons. The average molecular weight is 282 g/mol. The molecule has 1 aromatic rings. The Kier molecular flexibility index (Phi) is 6.71. The smallest absolute Gasteiger partial charge is 0.273 e. The lowest BCUT2D eigenvalue weighted by Gasteiger charge is -2.18. The zero-order chi connectivity index (χ0) is 15.1. The van der Waals surface area contributed by atoms with E-state index in [1.54, 1.807) is 6.07 Å². The molecular weight excluding hydrogens is 256 g/mol. The van der Waals surface area contributed by atoms with Gasteiger partial charge in [-0.3, -0.25) is 4.79 Å². The van der Waals surface area contributed by atoms with Crippen LogP contribution in [0.1, 0.15) is 62.7 Å². The van der Waals surface area contributed by atoms with Gasteiger partial charge in [0.1, 0.15) is 5.76 Å². The number of carbonyl (C=O) groups is 1. The zero-order valence-electron chi connectivity index (χ0n) is 12.8. The van der Waals surface area contributed by atoms with Gasteiger partial charge in [-0.2, -0.15) is 0 Å². The zero-order valence-corrected chi connectivity index (χ0v) is 12.8. The summed E-state index contributed by atoms with van der Waals surface area (Å²) in [5.74, 6) is 1.55. The second-order valence-corrected chi connectivity index (χ2v) is 5.99. The van der Waals surface area contributed by atoms with Crippen molar-refractivity contribution in [1.82, 2.24) is 10.5 Å². The molecule has 5 nitrogen and oxygen atoms in total. The lowest BCUT2D eigenvalue weighted by molar-refractivity contribution is 0.0932.